The third-order valence-corrected chi connectivity index (χ3v) is 5.91. The van der Waals surface area contributed by atoms with E-state index in [0.29, 0.717) is 11.3 Å². The third kappa shape index (κ3) is 3.85. The lowest BCUT2D eigenvalue weighted by Crippen LogP contribution is -2.10. The minimum atomic E-state index is -0.487. The Kier molecular flexibility index (Phi) is 5.15. The molecule has 10 nitrogen and oxygen atoms in total. The number of carbonyl (C=O) groups excluding carboxylic acids is 1. The summed E-state index contributed by atoms with van der Waals surface area (Å²) < 4.78 is 7.33. The number of anilines is 1. The van der Waals surface area contributed by atoms with Crippen molar-refractivity contribution < 1.29 is 14.1 Å². The number of aryl methyl sites for hydroxylation is 1. The molecule has 0 saturated carbocycles. The number of hydrogen-bond donors (Lipinski definition) is 1. The normalized spacial score (nSPS) is 11.1. The van der Waals surface area contributed by atoms with Crippen molar-refractivity contribution in [1.82, 2.24) is 19.8 Å². The molecule has 1 N–H and O–H groups in total. The molecule has 0 fully saturated rings. The molecule has 1 amide bonds. The lowest BCUT2D eigenvalue weighted by Gasteiger charge is -2.04. The number of carbonyl (C=O) groups is 1. The van der Waals surface area contributed by atoms with E-state index in [9.17, 15) is 14.9 Å². The van der Waals surface area contributed by atoms with Gasteiger partial charge in [-0.25, -0.2) is 0 Å². The van der Waals surface area contributed by atoms with E-state index >= 15 is 0 Å². The molecule has 164 valence electrons. The molecule has 0 radical (unpaired) electrons. The zero-order valence-electron chi connectivity index (χ0n) is 17.3. The first-order chi connectivity index (χ1) is 16.0. The monoisotopic (exact) mass is 460 g/mol. The standard InChI is InChI=1S/C22H16N6O4S/c1-2-19-24-25-22-27(19)26-21(33-22)13-7-9-14(10-8-13)23-20(29)18-12-11-17(32-18)15-5-3-4-6-16(15)28(30)31/h3-12H,2H2,1H3,(H,23,29). The number of nitrogens with zero attached hydrogens (tertiary/aromatic N) is 5. The molecule has 2 aromatic carbocycles. The molecule has 3 heterocycles. The highest BCUT2D eigenvalue weighted by Gasteiger charge is 2.19. The largest absolute Gasteiger partial charge is 0.451 e. The summed E-state index contributed by atoms with van der Waals surface area (Å²) in [6.45, 7) is 2.00. The third-order valence-electron chi connectivity index (χ3n) is 4.96. The summed E-state index contributed by atoms with van der Waals surface area (Å²) in [5.41, 5.74) is 1.68. The predicted molar refractivity (Wildman–Crippen MR) is 122 cm³/mol. The number of fused-ring (bicyclic) bond motifs is 1. The van der Waals surface area contributed by atoms with Gasteiger partial charge in [-0.15, -0.1) is 10.2 Å². The number of furan rings is 1. The SMILES string of the molecule is CCc1nnc2sc(-c3ccc(NC(=O)c4ccc(-c5ccccc5[N+](=O)[O-])o4)cc3)nn12. The van der Waals surface area contributed by atoms with Crippen molar-refractivity contribution in [2.24, 2.45) is 0 Å². The van der Waals surface area contributed by atoms with Crippen LogP contribution in [0.1, 0.15) is 23.3 Å². The average molecular weight is 460 g/mol. The molecule has 5 rings (SSSR count). The quantitative estimate of drug-likeness (QED) is 0.284. The number of nitrogens with one attached hydrogen (secondary N) is 1. The molecule has 0 aliphatic carbocycles. The second-order valence-electron chi connectivity index (χ2n) is 7.04. The first kappa shape index (κ1) is 20.5. The maximum absolute atomic E-state index is 12.6. The van der Waals surface area contributed by atoms with Gasteiger partial charge in [0, 0.05) is 23.7 Å². The van der Waals surface area contributed by atoms with Crippen LogP contribution in [-0.2, 0) is 6.42 Å². The van der Waals surface area contributed by atoms with Gasteiger partial charge in [-0.1, -0.05) is 30.4 Å². The van der Waals surface area contributed by atoms with Crippen molar-refractivity contribution >= 4 is 33.6 Å². The predicted octanol–water partition coefficient (Wildman–Crippen LogP) is 4.84. The van der Waals surface area contributed by atoms with E-state index in [1.54, 1.807) is 40.9 Å². The summed E-state index contributed by atoms with van der Waals surface area (Å²) in [6, 6.07) is 16.5. The number of hydrogen-bond acceptors (Lipinski definition) is 8. The number of aromatic nitrogens is 4. The highest BCUT2D eigenvalue weighted by Crippen LogP contribution is 2.31. The maximum atomic E-state index is 12.6. The summed E-state index contributed by atoms with van der Waals surface area (Å²) in [6.07, 6.45) is 0.738. The summed E-state index contributed by atoms with van der Waals surface area (Å²) >= 11 is 1.43. The van der Waals surface area contributed by atoms with Crippen LogP contribution in [0.5, 0.6) is 0 Å². The van der Waals surface area contributed by atoms with E-state index in [4.69, 9.17) is 4.42 Å². The topological polar surface area (TPSA) is 128 Å². The lowest BCUT2D eigenvalue weighted by atomic mass is 10.1. The fraction of sp³-hybridized carbons (Fsp3) is 0.0909. The molecule has 0 saturated heterocycles. The molecule has 5 aromatic rings. The Balaban J connectivity index is 1.32. The Morgan fingerprint density at radius 2 is 1.91 bits per heavy atom. The van der Waals surface area contributed by atoms with Crippen LogP contribution < -0.4 is 5.32 Å². The summed E-state index contributed by atoms with van der Waals surface area (Å²) in [5.74, 6) is 0.638. The molecule has 33 heavy (non-hydrogen) atoms. The van der Waals surface area contributed by atoms with E-state index in [0.717, 1.165) is 27.8 Å². The molecular weight excluding hydrogens is 444 g/mol. The number of benzene rings is 2. The van der Waals surface area contributed by atoms with Crippen molar-refractivity contribution in [1.29, 1.82) is 0 Å². The summed E-state index contributed by atoms with van der Waals surface area (Å²) in [5, 5.41) is 27.6. The van der Waals surface area contributed by atoms with Crippen molar-refractivity contribution in [2.75, 3.05) is 5.32 Å². The Bertz CT molecular complexity index is 1480. The highest BCUT2D eigenvalue weighted by atomic mass is 32.1. The van der Waals surface area contributed by atoms with Gasteiger partial charge in [0.05, 0.1) is 10.5 Å². The van der Waals surface area contributed by atoms with Gasteiger partial charge in [-0.05, 0) is 42.5 Å². The molecule has 0 atom stereocenters. The second-order valence-corrected chi connectivity index (χ2v) is 8.00. The maximum Gasteiger partial charge on any atom is 0.291 e. The Labute approximate surface area is 190 Å². The van der Waals surface area contributed by atoms with Gasteiger partial charge >= 0.3 is 0 Å². The number of nitro benzene ring substituents is 1. The molecule has 0 aliphatic rings. The van der Waals surface area contributed by atoms with Crippen LogP contribution >= 0.6 is 11.3 Å². The zero-order valence-corrected chi connectivity index (χ0v) is 18.1. The molecule has 0 unspecified atom stereocenters. The molecular formula is C22H16N6O4S. The lowest BCUT2D eigenvalue weighted by molar-refractivity contribution is -0.384. The van der Waals surface area contributed by atoms with E-state index < -0.39 is 10.8 Å². The Morgan fingerprint density at radius 3 is 2.67 bits per heavy atom. The Hall–Kier alpha value is -4.38. The van der Waals surface area contributed by atoms with E-state index in [1.807, 2.05) is 19.1 Å². The highest BCUT2D eigenvalue weighted by molar-refractivity contribution is 7.19. The molecule has 0 aliphatic heterocycles. The van der Waals surface area contributed by atoms with Crippen LogP contribution in [0.2, 0.25) is 0 Å². The minimum absolute atomic E-state index is 0.0490. The van der Waals surface area contributed by atoms with Gasteiger partial charge in [-0.3, -0.25) is 14.9 Å². The van der Waals surface area contributed by atoms with Gasteiger partial charge in [0.2, 0.25) is 4.96 Å². The zero-order chi connectivity index (χ0) is 22.9. The fourth-order valence-corrected chi connectivity index (χ4v) is 4.19. The van der Waals surface area contributed by atoms with Crippen molar-refractivity contribution in [3.8, 4) is 21.9 Å². The van der Waals surface area contributed by atoms with Gasteiger partial charge in [0.15, 0.2) is 11.6 Å². The van der Waals surface area contributed by atoms with E-state index in [2.05, 4.69) is 20.6 Å². The van der Waals surface area contributed by atoms with Gasteiger partial charge in [0.25, 0.3) is 11.6 Å². The van der Waals surface area contributed by atoms with Gasteiger partial charge in [-0.2, -0.15) is 9.61 Å². The number of nitro groups is 1. The van der Waals surface area contributed by atoms with Crippen LogP contribution in [0.3, 0.4) is 0 Å². The van der Waals surface area contributed by atoms with Gasteiger partial charge in [0.1, 0.15) is 10.8 Å². The van der Waals surface area contributed by atoms with Crippen LogP contribution in [0.4, 0.5) is 11.4 Å². The van der Waals surface area contributed by atoms with Crippen LogP contribution in [-0.4, -0.2) is 30.6 Å². The Morgan fingerprint density at radius 1 is 1.12 bits per heavy atom. The minimum Gasteiger partial charge on any atom is -0.451 e. The second kappa shape index (κ2) is 8.28. The van der Waals surface area contributed by atoms with Crippen LogP contribution in [0.15, 0.2) is 65.1 Å². The van der Waals surface area contributed by atoms with Crippen molar-refractivity contribution in [3.05, 3.63) is 82.4 Å². The van der Waals surface area contributed by atoms with Gasteiger partial charge < -0.3 is 9.73 Å². The number of para-hydroxylation sites is 1. The smallest absolute Gasteiger partial charge is 0.291 e. The number of amides is 1. The molecule has 11 heteroatoms. The summed E-state index contributed by atoms with van der Waals surface area (Å²) in [7, 11) is 0. The fourth-order valence-electron chi connectivity index (χ4n) is 3.33. The molecule has 0 spiro atoms. The average Bonchev–Trinajstić information content (AvgIpc) is 3.55. The first-order valence-electron chi connectivity index (χ1n) is 10.00. The van der Waals surface area contributed by atoms with Crippen molar-refractivity contribution in [3.63, 3.8) is 0 Å². The van der Waals surface area contributed by atoms with E-state index in [1.165, 1.54) is 23.5 Å². The molecule has 3 aromatic heterocycles. The van der Waals surface area contributed by atoms with Crippen LogP contribution in [0, 0.1) is 10.1 Å². The number of rotatable bonds is 6. The van der Waals surface area contributed by atoms with Crippen molar-refractivity contribution in [2.45, 2.75) is 13.3 Å². The summed E-state index contributed by atoms with van der Waals surface area (Å²) in [4.78, 5) is 24.1. The first-order valence-corrected chi connectivity index (χ1v) is 10.8. The van der Waals surface area contributed by atoms with E-state index in [-0.39, 0.29) is 17.2 Å². The van der Waals surface area contributed by atoms with Crippen LogP contribution in [0.25, 0.3) is 26.9 Å². The molecule has 0 bridgehead atoms.